The van der Waals surface area contributed by atoms with Crippen LogP contribution in [0.4, 0.5) is 4.39 Å². The largest absolute Gasteiger partial charge is 0.497 e. The number of carboxylic acids is 1. The number of benzene rings is 2. The van der Waals surface area contributed by atoms with E-state index in [0.717, 1.165) is 6.07 Å². The first-order valence-corrected chi connectivity index (χ1v) is 6.78. The van der Waals surface area contributed by atoms with E-state index in [2.05, 4.69) is 15.9 Å². The lowest BCUT2D eigenvalue weighted by atomic mass is 10.1. The molecular weight excluding hydrogens is 343 g/mol. The Bertz CT molecular complexity index is 673. The fraction of sp³-hybridized carbons (Fsp3) is 0.133. The average molecular weight is 355 g/mol. The molecule has 0 atom stereocenters. The van der Waals surface area contributed by atoms with Gasteiger partial charge in [0.05, 0.1) is 17.1 Å². The maximum atomic E-state index is 13.1. The molecule has 0 aromatic heterocycles. The van der Waals surface area contributed by atoms with Gasteiger partial charge in [-0.1, -0.05) is 6.07 Å². The number of hydrogen-bond donors (Lipinski definition) is 1. The second-order valence-corrected chi connectivity index (χ2v) is 5.05. The summed E-state index contributed by atoms with van der Waals surface area (Å²) in [7, 11) is 1.56. The molecule has 0 saturated heterocycles. The summed E-state index contributed by atoms with van der Waals surface area (Å²) in [6.45, 7) is 0.0207. The molecule has 2 rings (SSSR count). The van der Waals surface area contributed by atoms with Crippen molar-refractivity contribution in [3.8, 4) is 11.5 Å². The van der Waals surface area contributed by atoms with E-state index in [0.29, 0.717) is 21.5 Å². The minimum absolute atomic E-state index is 0.0207. The summed E-state index contributed by atoms with van der Waals surface area (Å²) in [6.07, 6.45) is 0. The van der Waals surface area contributed by atoms with Crippen molar-refractivity contribution in [1.29, 1.82) is 0 Å². The van der Waals surface area contributed by atoms with Gasteiger partial charge in [0, 0.05) is 5.56 Å². The number of methoxy groups -OCH3 is 1. The zero-order chi connectivity index (χ0) is 15.4. The fourth-order valence-electron chi connectivity index (χ4n) is 1.75. The summed E-state index contributed by atoms with van der Waals surface area (Å²) >= 11 is 3.34. The predicted octanol–water partition coefficient (Wildman–Crippen LogP) is 3.87. The first-order valence-electron chi connectivity index (χ1n) is 5.99. The van der Waals surface area contributed by atoms with E-state index >= 15 is 0 Å². The SMILES string of the molecule is COc1ccc(OCc2ccc(F)cc2C(=O)O)c(Br)c1. The molecule has 0 unspecified atom stereocenters. The van der Waals surface area contributed by atoms with Gasteiger partial charge in [-0.05, 0) is 46.3 Å². The predicted molar refractivity (Wildman–Crippen MR) is 78.4 cm³/mol. The highest BCUT2D eigenvalue weighted by Gasteiger charge is 2.12. The van der Waals surface area contributed by atoms with E-state index in [-0.39, 0.29) is 12.2 Å². The molecule has 0 aliphatic rings. The standard InChI is InChI=1S/C15H12BrFO4/c1-20-11-4-5-14(13(16)7-11)21-8-9-2-3-10(17)6-12(9)15(18)19/h2-7H,8H2,1H3,(H,18,19). The van der Waals surface area contributed by atoms with Crippen LogP contribution in [0.15, 0.2) is 40.9 Å². The van der Waals surface area contributed by atoms with Crippen LogP contribution < -0.4 is 9.47 Å². The Morgan fingerprint density at radius 1 is 1.29 bits per heavy atom. The lowest BCUT2D eigenvalue weighted by Gasteiger charge is -2.11. The van der Waals surface area contributed by atoms with Gasteiger partial charge in [0.2, 0.25) is 0 Å². The molecule has 0 fully saturated rings. The molecule has 0 spiro atoms. The van der Waals surface area contributed by atoms with E-state index in [1.165, 1.54) is 12.1 Å². The Balaban J connectivity index is 2.18. The molecule has 0 heterocycles. The highest BCUT2D eigenvalue weighted by Crippen LogP contribution is 2.30. The third-order valence-corrected chi connectivity index (χ3v) is 3.44. The lowest BCUT2D eigenvalue weighted by Crippen LogP contribution is -2.06. The monoisotopic (exact) mass is 354 g/mol. The molecule has 0 saturated carbocycles. The zero-order valence-corrected chi connectivity index (χ0v) is 12.7. The smallest absolute Gasteiger partial charge is 0.336 e. The van der Waals surface area contributed by atoms with Gasteiger partial charge in [-0.25, -0.2) is 9.18 Å². The summed E-state index contributed by atoms with van der Waals surface area (Å²) in [5.74, 6) is -0.581. The van der Waals surface area contributed by atoms with Gasteiger partial charge >= 0.3 is 5.97 Å². The molecule has 2 aromatic rings. The lowest BCUT2D eigenvalue weighted by molar-refractivity contribution is 0.0693. The van der Waals surface area contributed by atoms with Gasteiger partial charge in [0.1, 0.15) is 23.9 Å². The molecule has 0 amide bonds. The Kier molecular flexibility index (Phi) is 4.80. The van der Waals surface area contributed by atoms with Crippen LogP contribution >= 0.6 is 15.9 Å². The Morgan fingerprint density at radius 3 is 2.67 bits per heavy atom. The van der Waals surface area contributed by atoms with Gasteiger partial charge in [0.25, 0.3) is 0 Å². The topological polar surface area (TPSA) is 55.8 Å². The third-order valence-electron chi connectivity index (χ3n) is 2.82. The molecule has 0 aliphatic carbocycles. The first kappa shape index (κ1) is 15.3. The van der Waals surface area contributed by atoms with Crippen molar-refractivity contribution in [3.05, 3.63) is 57.8 Å². The fourth-order valence-corrected chi connectivity index (χ4v) is 2.23. The van der Waals surface area contributed by atoms with Crippen molar-refractivity contribution in [3.63, 3.8) is 0 Å². The average Bonchev–Trinajstić information content (AvgIpc) is 2.46. The molecule has 2 aromatic carbocycles. The van der Waals surface area contributed by atoms with Crippen molar-refractivity contribution < 1.29 is 23.8 Å². The number of rotatable bonds is 5. The molecule has 1 N–H and O–H groups in total. The normalized spacial score (nSPS) is 10.2. The van der Waals surface area contributed by atoms with Crippen molar-refractivity contribution >= 4 is 21.9 Å². The molecule has 0 radical (unpaired) electrons. The van der Waals surface area contributed by atoms with Gasteiger partial charge < -0.3 is 14.6 Å². The van der Waals surface area contributed by atoms with Crippen molar-refractivity contribution in [2.24, 2.45) is 0 Å². The second-order valence-electron chi connectivity index (χ2n) is 4.19. The summed E-state index contributed by atoms with van der Waals surface area (Å²) in [6, 6.07) is 8.74. The maximum absolute atomic E-state index is 13.1. The summed E-state index contributed by atoms with van der Waals surface area (Å²) in [5.41, 5.74) is 0.284. The summed E-state index contributed by atoms with van der Waals surface area (Å²) < 4.78 is 24.4. The van der Waals surface area contributed by atoms with Gasteiger partial charge in [0.15, 0.2) is 0 Å². The van der Waals surface area contributed by atoms with E-state index in [1.54, 1.807) is 25.3 Å². The molecule has 0 aliphatic heterocycles. The Hall–Kier alpha value is -2.08. The molecule has 0 bridgehead atoms. The van der Waals surface area contributed by atoms with Crippen LogP contribution in [0.2, 0.25) is 0 Å². The highest BCUT2D eigenvalue weighted by atomic mass is 79.9. The minimum atomic E-state index is -1.19. The van der Waals surface area contributed by atoms with E-state index in [1.807, 2.05) is 0 Å². The van der Waals surface area contributed by atoms with Gasteiger partial charge in [-0.3, -0.25) is 0 Å². The van der Waals surface area contributed by atoms with Crippen LogP contribution in [0.5, 0.6) is 11.5 Å². The van der Waals surface area contributed by atoms with Crippen molar-refractivity contribution in [2.45, 2.75) is 6.61 Å². The first-order chi connectivity index (χ1) is 10.0. The molecule has 110 valence electrons. The number of carbonyl (C=O) groups is 1. The second kappa shape index (κ2) is 6.58. The molecule has 6 heteroatoms. The third kappa shape index (κ3) is 3.72. The number of hydrogen-bond acceptors (Lipinski definition) is 3. The Morgan fingerprint density at radius 2 is 2.05 bits per heavy atom. The van der Waals surface area contributed by atoms with Crippen LogP contribution in [-0.4, -0.2) is 18.2 Å². The Labute approximate surface area is 129 Å². The van der Waals surface area contributed by atoms with Crippen LogP contribution in [0, 0.1) is 5.82 Å². The summed E-state index contributed by atoms with van der Waals surface area (Å²) in [4.78, 5) is 11.1. The van der Waals surface area contributed by atoms with E-state index in [9.17, 15) is 9.18 Å². The number of aromatic carboxylic acids is 1. The maximum Gasteiger partial charge on any atom is 0.336 e. The van der Waals surface area contributed by atoms with E-state index < -0.39 is 11.8 Å². The number of ether oxygens (including phenoxy) is 2. The minimum Gasteiger partial charge on any atom is -0.497 e. The van der Waals surface area contributed by atoms with Gasteiger partial charge in [-0.2, -0.15) is 0 Å². The van der Waals surface area contributed by atoms with Crippen molar-refractivity contribution in [1.82, 2.24) is 0 Å². The van der Waals surface area contributed by atoms with Crippen LogP contribution in [0.3, 0.4) is 0 Å². The van der Waals surface area contributed by atoms with Gasteiger partial charge in [-0.15, -0.1) is 0 Å². The van der Waals surface area contributed by atoms with E-state index in [4.69, 9.17) is 14.6 Å². The summed E-state index contributed by atoms with van der Waals surface area (Å²) in [5, 5.41) is 9.06. The van der Waals surface area contributed by atoms with Crippen molar-refractivity contribution in [2.75, 3.05) is 7.11 Å². The molecular formula is C15H12BrFO4. The number of carboxylic acid groups (broad SMARTS) is 1. The quantitative estimate of drug-likeness (QED) is 0.885. The highest BCUT2D eigenvalue weighted by molar-refractivity contribution is 9.10. The van der Waals surface area contributed by atoms with Crippen LogP contribution in [0.1, 0.15) is 15.9 Å². The molecule has 21 heavy (non-hydrogen) atoms. The zero-order valence-electron chi connectivity index (χ0n) is 11.1. The number of halogens is 2. The van der Waals surface area contributed by atoms with Crippen LogP contribution in [0.25, 0.3) is 0 Å². The van der Waals surface area contributed by atoms with Crippen LogP contribution in [-0.2, 0) is 6.61 Å². The molecule has 4 nitrogen and oxygen atoms in total.